The van der Waals surface area contributed by atoms with E-state index in [1.807, 2.05) is 12.1 Å². The first kappa shape index (κ1) is 15.3. The van der Waals surface area contributed by atoms with Crippen molar-refractivity contribution < 1.29 is 9.47 Å². The average Bonchev–Trinajstić information content (AvgIpc) is 2.41. The summed E-state index contributed by atoms with van der Waals surface area (Å²) in [4.78, 5) is 0. The van der Waals surface area contributed by atoms with Gasteiger partial charge in [0, 0.05) is 12.1 Å². The molecule has 0 saturated heterocycles. The molecule has 0 aliphatic heterocycles. The highest BCUT2D eigenvalue weighted by Crippen LogP contribution is 2.41. The Labute approximate surface area is 126 Å². The second kappa shape index (κ2) is 6.13. The van der Waals surface area contributed by atoms with Gasteiger partial charge in [0.25, 0.3) is 0 Å². The van der Waals surface area contributed by atoms with Crippen molar-refractivity contribution in [2.75, 3.05) is 19.5 Å². The summed E-state index contributed by atoms with van der Waals surface area (Å²) in [5.74, 6) is 1.41. The van der Waals surface area contributed by atoms with Crippen LogP contribution < -0.4 is 14.8 Å². The van der Waals surface area contributed by atoms with Gasteiger partial charge in [-0.2, -0.15) is 0 Å². The van der Waals surface area contributed by atoms with Crippen molar-refractivity contribution in [3.63, 3.8) is 0 Å². The topological polar surface area (TPSA) is 30.5 Å². The lowest BCUT2D eigenvalue weighted by molar-refractivity contribution is 0.216. The second-order valence-corrected chi connectivity index (χ2v) is 6.53. The molecule has 20 heavy (non-hydrogen) atoms. The maximum atomic E-state index is 6.23. The summed E-state index contributed by atoms with van der Waals surface area (Å²) in [5.41, 5.74) is 1.23. The predicted octanol–water partition coefficient (Wildman–Crippen LogP) is 4.74. The first-order valence-electron chi connectivity index (χ1n) is 7.16. The van der Waals surface area contributed by atoms with Crippen LogP contribution in [0, 0.1) is 5.41 Å². The molecule has 0 bridgehead atoms. The van der Waals surface area contributed by atoms with E-state index in [4.69, 9.17) is 21.1 Å². The van der Waals surface area contributed by atoms with E-state index in [0.29, 0.717) is 16.8 Å². The van der Waals surface area contributed by atoms with Crippen molar-refractivity contribution in [3.05, 3.63) is 17.2 Å². The highest BCUT2D eigenvalue weighted by Gasteiger charge is 2.32. The fourth-order valence-corrected chi connectivity index (χ4v) is 3.16. The number of anilines is 1. The van der Waals surface area contributed by atoms with Crippen LogP contribution in [-0.2, 0) is 0 Å². The van der Waals surface area contributed by atoms with Crippen molar-refractivity contribution in [1.82, 2.24) is 0 Å². The fourth-order valence-electron chi connectivity index (χ4n) is 2.92. The van der Waals surface area contributed by atoms with Crippen LogP contribution in [0.4, 0.5) is 5.69 Å². The first-order chi connectivity index (χ1) is 9.47. The molecule has 1 fully saturated rings. The van der Waals surface area contributed by atoms with Crippen LogP contribution in [0.15, 0.2) is 12.1 Å². The zero-order chi connectivity index (χ0) is 14.8. The lowest BCUT2D eigenvalue weighted by atomic mass is 9.73. The number of ether oxygens (including phenoxy) is 2. The van der Waals surface area contributed by atoms with Crippen LogP contribution in [0.5, 0.6) is 11.5 Å². The molecule has 0 heterocycles. The Balaban J connectivity index is 2.26. The van der Waals surface area contributed by atoms with Crippen molar-refractivity contribution >= 4 is 17.3 Å². The summed E-state index contributed by atoms with van der Waals surface area (Å²) in [5, 5.41) is 4.22. The van der Waals surface area contributed by atoms with E-state index in [1.54, 1.807) is 14.2 Å². The average molecular weight is 298 g/mol. The molecule has 1 aromatic rings. The lowest BCUT2D eigenvalue weighted by Gasteiger charge is -2.39. The van der Waals surface area contributed by atoms with Gasteiger partial charge in [-0.05, 0) is 24.3 Å². The Morgan fingerprint density at radius 3 is 2.45 bits per heavy atom. The van der Waals surface area contributed by atoms with Crippen LogP contribution in [0.2, 0.25) is 5.02 Å². The third-order valence-corrected chi connectivity index (χ3v) is 4.61. The zero-order valence-electron chi connectivity index (χ0n) is 12.8. The molecule has 1 atom stereocenters. The minimum Gasteiger partial charge on any atom is -0.495 e. The Bertz CT molecular complexity index is 474. The van der Waals surface area contributed by atoms with E-state index >= 15 is 0 Å². The molecule has 0 radical (unpaired) electrons. The molecule has 3 nitrogen and oxygen atoms in total. The molecule has 1 aromatic carbocycles. The molecular weight excluding hydrogens is 274 g/mol. The maximum absolute atomic E-state index is 6.23. The van der Waals surface area contributed by atoms with Crippen LogP contribution >= 0.6 is 11.6 Å². The molecule has 1 saturated carbocycles. The molecule has 0 spiro atoms. The van der Waals surface area contributed by atoms with Gasteiger partial charge in [0.05, 0.1) is 24.9 Å². The molecule has 2 rings (SSSR count). The number of nitrogens with one attached hydrogen (secondary N) is 1. The molecule has 1 N–H and O–H groups in total. The summed E-state index contributed by atoms with van der Waals surface area (Å²) >= 11 is 6.23. The second-order valence-electron chi connectivity index (χ2n) is 6.12. The monoisotopic (exact) mass is 297 g/mol. The van der Waals surface area contributed by atoms with Gasteiger partial charge in [-0.25, -0.2) is 0 Å². The largest absolute Gasteiger partial charge is 0.495 e. The van der Waals surface area contributed by atoms with Gasteiger partial charge in [-0.3, -0.25) is 0 Å². The van der Waals surface area contributed by atoms with Gasteiger partial charge >= 0.3 is 0 Å². The molecular formula is C16H24ClNO2. The molecule has 1 aliphatic carbocycles. The number of hydrogen-bond donors (Lipinski definition) is 1. The van der Waals surface area contributed by atoms with E-state index in [-0.39, 0.29) is 5.41 Å². The molecule has 112 valence electrons. The number of rotatable bonds is 4. The van der Waals surface area contributed by atoms with Crippen LogP contribution in [0.3, 0.4) is 0 Å². The highest BCUT2D eigenvalue weighted by molar-refractivity contribution is 6.32. The molecule has 1 aliphatic rings. The lowest BCUT2D eigenvalue weighted by Crippen LogP contribution is -2.39. The summed E-state index contributed by atoms with van der Waals surface area (Å²) in [7, 11) is 3.28. The van der Waals surface area contributed by atoms with E-state index in [0.717, 1.165) is 11.4 Å². The van der Waals surface area contributed by atoms with Crippen molar-refractivity contribution in [2.45, 2.75) is 45.6 Å². The Hall–Kier alpha value is -1.09. The standard InChI is InChI=1S/C16H24ClNO2/c1-16(2)8-6-5-7-15(16)18-12-9-11(17)13(19-3)10-14(12)20-4/h9-10,15,18H,5-8H2,1-4H3. The Morgan fingerprint density at radius 1 is 1.15 bits per heavy atom. The summed E-state index contributed by atoms with van der Waals surface area (Å²) in [6.07, 6.45) is 5.01. The predicted molar refractivity (Wildman–Crippen MR) is 84.2 cm³/mol. The molecule has 0 aromatic heterocycles. The smallest absolute Gasteiger partial charge is 0.145 e. The van der Waals surface area contributed by atoms with Gasteiger partial charge in [-0.1, -0.05) is 38.3 Å². The Kier molecular flexibility index (Phi) is 4.69. The normalized spacial score (nSPS) is 21.4. The van der Waals surface area contributed by atoms with Gasteiger partial charge in [0.15, 0.2) is 0 Å². The van der Waals surface area contributed by atoms with E-state index in [1.165, 1.54) is 25.7 Å². The van der Waals surface area contributed by atoms with Gasteiger partial charge in [0.2, 0.25) is 0 Å². The van der Waals surface area contributed by atoms with Crippen LogP contribution in [-0.4, -0.2) is 20.3 Å². The van der Waals surface area contributed by atoms with Gasteiger partial charge in [-0.15, -0.1) is 0 Å². The Morgan fingerprint density at radius 2 is 1.85 bits per heavy atom. The number of benzene rings is 1. The number of methoxy groups -OCH3 is 2. The number of halogens is 1. The highest BCUT2D eigenvalue weighted by atomic mass is 35.5. The third-order valence-electron chi connectivity index (χ3n) is 4.31. The van der Waals surface area contributed by atoms with Crippen molar-refractivity contribution in [2.24, 2.45) is 5.41 Å². The van der Waals surface area contributed by atoms with E-state index in [9.17, 15) is 0 Å². The van der Waals surface area contributed by atoms with E-state index < -0.39 is 0 Å². The van der Waals surface area contributed by atoms with Gasteiger partial charge < -0.3 is 14.8 Å². The van der Waals surface area contributed by atoms with E-state index in [2.05, 4.69) is 19.2 Å². The minimum atomic E-state index is 0.287. The van der Waals surface area contributed by atoms with Crippen LogP contribution in [0.1, 0.15) is 39.5 Å². The quantitative estimate of drug-likeness (QED) is 0.871. The summed E-state index contributed by atoms with van der Waals surface area (Å²) in [6, 6.07) is 4.17. The third kappa shape index (κ3) is 3.14. The zero-order valence-corrected chi connectivity index (χ0v) is 13.5. The summed E-state index contributed by atoms with van der Waals surface area (Å²) in [6.45, 7) is 4.64. The van der Waals surface area contributed by atoms with Crippen molar-refractivity contribution in [1.29, 1.82) is 0 Å². The van der Waals surface area contributed by atoms with Crippen LogP contribution in [0.25, 0.3) is 0 Å². The molecule has 4 heteroatoms. The SMILES string of the molecule is COc1cc(OC)c(NC2CCCCC2(C)C)cc1Cl. The first-order valence-corrected chi connectivity index (χ1v) is 7.54. The minimum absolute atomic E-state index is 0.287. The molecule has 0 amide bonds. The fraction of sp³-hybridized carbons (Fsp3) is 0.625. The van der Waals surface area contributed by atoms with Gasteiger partial charge in [0.1, 0.15) is 11.5 Å². The summed E-state index contributed by atoms with van der Waals surface area (Å²) < 4.78 is 10.7. The molecule has 1 unspecified atom stereocenters. The maximum Gasteiger partial charge on any atom is 0.145 e. The van der Waals surface area contributed by atoms with Crippen molar-refractivity contribution in [3.8, 4) is 11.5 Å². The number of hydrogen-bond acceptors (Lipinski definition) is 3.